The maximum Gasteiger partial charge on any atom is 0.0411 e. The molecule has 0 aliphatic carbocycles. The lowest BCUT2D eigenvalue weighted by molar-refractivity contribution is 1.20. The largest absolute Gasteiger partial charge is 0.388 e. The summed E-state index contributed by atoms with van der Waals surface area (Å²) in [5.74, 6) is 0. The SMILES string of the molecule is CNc1ccc(N(C)c2ccc(Br)c(C)c2)cc1. The Morgan fingerprint density at radius 1 is 1.00 bits per heavy atom. The Balaban J connectivity index is 2.28. The van der Waals surface area contributed by atoms with E-state index in [1.54, 1.807) is 0 Å². The molecular formula is C15H17BrN2. The van der Waals surface area contributed by atoms with Crippen LogP contribution in [0.3, 0.4) is 0 Å². The second-order valence-electron chi connectivity index (χ2n) is 4.29. The molecule has 0 radical (unpaired) electrons. The first kappa shape index (κ1) is 13.0. The molecule has 0 aliphatic heterocycles. The molecule has 0 spiro atoms. The number of nitrogens with one attached hydrogen (secondary N) is 1. The summed E-state index contributed by atoms with van der Waals surface area (Å²) < 4.78 is 1.14. The monoisotopic (exact) mass is 304 g/mol. The van der Waals surface area contributed by atoms with E-state index in [9.17, 15) is 0 Å². The van der Waals surface area contributed by atoms with E-state index in [1.165, 1.54) is 16.9 Å². The van der Waals surface area contributed by atoms with Crippen LogP contribution in [-0.4, -0.2) is 14.1 Å². The van der Waals surface area contributed by atoms with Gasteiger partial charge in [0.2, 0.25) is 0 Å². The first-order chi connectivity index (χ1) is 8.61. The third kappa shape index (κ3) is 2.67. The Bertz CT molecular complexity index is 535. The van der Waals surface area contributed by atoms with E-state index in [1.807, 2.05) is 7.05 Å². The van der Waals surface area contributed by atoms with Crippen LogP contribution in [0, 0.1) is 6.92 Å². The van der Waals surface area contributed by atoms with Gasteiger partial charge in [-0.25, -0.2) is 0 Å². The number of halogens is 1. The van der Waals surface area contributed by atoms with Crippen LogP contribution in [0.15, 0.2) is 46.9 Å². The molecule has 0 unspecified atom stereocenters. The summed E-state index contributed by atoms with van der Waals surface area (Å²) in [4.78, 5) is 2.18. The van der Waals surface area contributed by atoms with Gasteiger partial charge >= 0.3 is 0 Å². The third-order valence-corrected chi connectivity index (χ3v) is 3.96. The van der Waals surface area contributed by atoms with E-state index in [-0.39, 0.29) is 0 Å². The zero-order chi connectivity index (χ0) is 13.1. The van der Waals surface area contributed by atoms with Gasteiger partial charge in [0, 0.05) is 35.6 Å². The standard InChI is InChI=1S/C15H17BrN2/c1-11-10-14(8-9-15(11)16)18(3)13-6-4-12(17-2)5-7-13/h4-10,17H,1-3H3. The van der Waals surface area contributed by atoms with Crippen LogP contribution in [0.5, 0.6) is 0 Å². The summed E-state index contributed by atoms with van der Waals surface area (Å²) in [7, 11) is 4.01. The molecule has 0 atom stereocenters. The fraction of sp³-hybridized carbons (Fsp3) is 0.200. The predicted molar refractivity (Wildman–Crippen MR) is 82.9 cm³/mol. The molecule has 2 aromatic rings. The fourth-order valence-corrected chi connectivity index (χ4v) is 2.08. The summed E-state index contributed by atoms with van der Waals surface area (Å²) in [6, 6.07) is 14.8. The number of hydrogen-bond donors (Lipinski definition) is 1. The first-order valence-electron chi connectivity index (χ1n) is 5.89. The molecule has 94 valence electrons. The van der Waals surface area contributed by atoms with Gasteiger partial charge in [-0.05, 0) is 55.0 Å². The quantitative estimate of drug-likeness (QED) is 0.894. The average Bonchev–Trinajstić information content (AvgIpc) is 2.41. The number of aryl methyl sites for hydroxylation is 1. The normalized spacial score (nSPS) is 10.2. The van der Waals surface area contributed by atoms with Gasteiger partial charge in [-0.2, -0.15) is 0 Å². The molecular weight excluding hydrogens is 288 g/mol. The van der Waals surface area contributed by atoms with E-state index in [2.05, 4.69) is 82.6 Å². The Hall–Kier alpha value is -1.48. The second-order valence-corrected chi connectivity index (χ2v) is 5.14. The summed E-state index contributed by atoms with van der Waals surface area (Å²) in [6.07, 6.45) is 0. The van der Waals surface area contributed by atoms with Gasteiger partial charge in [-0.15, -0.1) is 0 Å². The lowest BCUT2D eigenvalue weighted by atomic mass is 10.2. The summed E-state index contributed by atoms with van der Waals surface area (Å²) in [5.41, 5.74) is 4.73. The van der Waals surface area contributed by atoms with Crippen LogP contribution in [-0.2, 0) is 0 Å². The Morgan fingerprint density at radius 3 is 2.17 bits per heavy atom. The molecule has 2 aromatic carbocycles. The zero-order valence-electron chi connectivity index (χ0n) is 10.9. The Kier molecular flexibility index (Phi) is 3.92. The van der Waals surface area contributed by atoms with Crippen LogP contribution >= 0.6 is 15.9 Å². The minimum Gasteiger partial charge on any atom is -0.388 e. The maximum absolute atomic E-state index is 3.53. The van der Waals surface area contributed by atoms with Gasteiger partial charge < -0.3 is 10.2 Å². The van der Waals surface area contributed by atoms with Crippen molar-refractivity contribution in [1.29, 1.82) is 0 Å². The Morgan fingerprint density at radius 2 is 1.61 bits per heavy atom. The lowest BCUT2D eigenvalue weighted by Gasteiger charge is -2.20. The lowest BCUT2D eigenvalue weighted by Crippen LogP contribution is -2.09. The number of anilines is 3. The zero-order valence-corrected chi connectivity index (χ0v) is 12.5. The van der Waals surface area contributed by atoms with Crippen molar-refractivity contribution in [2.75, 3.05) is 24.3 Å². The van der Waals surface area contributed by atoms with Crippen molar-refractivity contribution in [2.45, 2.75) is 6.92 Å². The van der Waals surface area contributed by atoms with Crippen LogP contribution in [0.2, 0.25) is 0 Å². The van der Waals surface area contributed by atoms with Crippen LogP contribution in [0.1, 0.15) is 5.56 Å². The molecule has 0 bridgehead atoms. The third-order valence-electron chi connectivity index (χ3n) is 3.07. The van der Waals surface area contributed by atoms with E-state index < -0.39 is 0 Å². The van der Waals surface area contributed by atoms with Gasteiger partial charge in [0.05, 0.1) is 0 Å². The highest BCUT2D eigenvalue weighted by Crippen LogP contribution is 2.28. The minimum atomic E-state index is 1.12. The minimum absolute atomic E-state index is 1.12. The summed E-state index contributed by atoms with van der Waals surface area (Å²) >= 11 is 3.53. The number of hydrogen-bond acceptors (Lipinski definition) is 2. The van der Waals surface area contributed by atoms with Crippen LogP contribution in [0.4, 0.5) is 17.1 Å². The van der Waals surface area contributed by atoms with E-state index in [4.69, 9.17) is 0 Å². The van der Waals surface area contributed by atoms with Gasteiger partial charge in [-0.1, -0.05) is 15.9 Å². The fourth-order valence-electron chi connectivity index (χ4n) is 1.84. The maximum atomic E-state index is 3.53. The van der Waals surface area contributed by atoms with Crippen molar-refractivity contribution in [1.82, 2.24) is 0 Å². The molecule has 2 rings (SSSR count). The number of benzene rings is 2. The molecule has 0 heterocycles. The van der Waals surface area contributed by atoms with Gasteiger partial charge in [0.15, 0.2) is 0 Å². The van der Waals surface area contributed by atoms with Gasteiger partial charge in [0.1, 0.15) is 0 Å². The molecule has 0 saturated heterocycles. The van der Waals surface area contributed by atoms with Crippen LogP contribution in [0.25, 0.3) is 0 Å². The number of nitrogens with zero attached hydrogens (tertiary/aromatic N) is 1. The Labute approximate surface area is 117 Å². The van der Waals surface area contributed by atoms with E-state index in [0.717, 1.165) is 10.2 Å². The summed E-state index contributed by atoms with van der Waals surface area (Å²) in [5, 5.41) is 3.12. The van der Waals surface area contributed by atoms with E-state index >= 15 is 0 Å². The van der Waals surface area contributed by atoms with Crippen LogP contribution < -0.4 is 10.2 Å². The molecule has 3 heteroatoms. The summed E-state index contributed by atoms with van der Waals surface area (Å²) in [6.45, 7) is 2.10. The van der Waals surface area contributed by atoms with Gasteiger partial charge in [0.25, 0.3) is 0 Å². The molecule has 0 amide bonds. The second kappa shape index (κ2) is 5.44. The highest BCUT2D eigenvalue weighted by atomic mass is 79.9. The van der Waals surface area contributed by atoms with Crippen molar-refractivity contribution in [2.24, 2.45) is 0 Å². The van der Waals surface area contributed by atoms with Crippen molar-refractivity contribution >= 4 is 33.0 Å². The molecule has 0 aliphatic rings. The predicted octanol–water partition coefficient (Wildman–Crippen LogP) is 4.57. The average molecular weight is 305 g/mol. The molecule has 2 nitrogen and oxygen atoms in total. The molecule has 0 fully saturated rings. The van der Waals surface area contributed by atoms with E-state index in [0.29, 0.717) is 0 Å². The highest BCUT2D eigenvalue weighted by molar-refractivity contribution is 9.10. The van der Waals surface area contributed by atoms with Crippen molar-refractivity contribution < 1.29 is 0 Å². The van der Waals surface area contributed by atoms with Crippen molar-refractivity contribution in [3.63, 3.8) is 0 Å². The molecule has 1 N–H and O–H groups in total. The number of rotatable bonds is 3. The smallest absolute Gasteiger partial charge is 0.0411 e. The first-order valence-corrected chi connectivity index (χ1v) is 6.69. The topological polar surface area (TPSA) is 15.3 Å². The molecule has 18 heavy (non-hydrogen) atoms. The van der Waals surface area contributed by atoms with Crippen molar-refractivity contribution in [3.05, 3.63) is 52.5 Å². The van der Waals surface area contributed by atoms with Gasteiger partial charge in [-0.3, -0.25) is 0 Å². The molecule has 0 aromatic heterocycles. The highest BCUT2D eigenvalue weighted by Gasteiger charge is 2.05. The molecule has 0 saturated carbocycles. The van der Waals surface area contributed by atoms with Crippen molar-refractivity contribution in [3.8, 4) is 0 Å².